The lowest BCUT2D eigenvalue weighted by Crippen LogP contribution is -2.20. The number of hydrogen-bond acceptors (Lipinski definition) is 3. The normalized spacial score (nSPS) is 10.0. The lowest BCUT2D eigenvalue weighted by molar-refractivity contribution is -0.118. The fourth-order valence-corrected chi connectivity index (χ4v) is 1.80. The molecular weight excluding hydrogens is 287 g/mol. The monoisotopic (exact) mass is 302 g/mol. The van der Waals surface area contributed by atoms with E-state index >= 15 is 0 Å². The van der Waals surface area contributed by atoms with Gasteiger partial charge in [-0.1, -0.05) is 24.3 Å². The Balaban J connectivity index is 1.86. The second kappa shape index (κ2) is 7.21. The van der Waals surface area contributed by atoms with Crippen molar-refractivity contribution in [3.8, 4) is 5.75 Å². The van der Waals surface area contributed by atoms with Crippen molar-refractivity contribution in [3.63, 3.8) is 0 Å². The Bertz CT molecular complexity index is 671. The molecule has 0 spiro atoms. The third-order valence-corrected chi connectivity index (χ3v) is 2.82. The first-order chi connectivity index (χ1) is 10.5. The highest BCUT2D eigenvalue weighted by Gasteiger charge is 2.07. The fourth-order valence-electron chi connectivity index (χ4n) is 1.80. The third kappa shape index (κ3) is 4.59. The summed E-state index contributed by atoms with van der Waals surface area (Å²) in [6, 6.07) is 12.5. The van der Waals surface area contributed by atoms with Crippen LogP contribution in [0.3, 0.4) is 0 Å². The molecule has 3 N–H and O–H groups in total. The standard InChI is InChI=1S/C16H15FN2O3/c17-13-3-1-2-4-14(13)19-16(21)10-22-12-7-5-11(6-8-12)9-15(18)20/h1-8H,9-10H2,(H2,18,20)(H,19,21). The van der Waals surface area contributed by atoms with Crippen LogP contribution < -0.4 is 15.8 Å². The third-order valence-electron chi connectivity index (χ3n) is 2.82. The lowest BCUT2D eigenvalue weighted by Gasteiger charge is -2.08. The van der Waals surface area contributed by atoms with Crippen LogP contribution in [0.1, 0.15) is 5.56 Å². The Kier molecular flexibility index (Phi) is 5.08. The molecule has 114 valence electrons. The summed E-state index contributed by atoms with van der Waals surface area (Å²) in [6.07, 6.45) is 0.147. The van der Waals surface area contributed by atoms with Crippen molar-refractivity contribution >= 4 is 17.5 Å². The van der Waals surface area contributed by atoms with Crippen LogP contribution in [0.4, 0.5) is 10.1 Å². The summed E-state index contributed by atoms with van der Waals surface area (Å²) in [6.45, 7) is -0.247. The van der Waals surface area contributed by atoms with Gasteiger partial charge >= 0.3 is 0 Å². The van der Waals surface area contributed by atoms with Crippen LogP contribution in [0, 0.1) is 5.82 Å². The van der Waals surface area contributed by atoms with Crippen LogP contribution in [0.15, 0.2) is 48.5 Å². The Morgan fingerprint density at radius 2 is 1.77 bits per heavy atom. The number of carbonyl (C=O) groups is 2. The van der Waals surface area contributed by atoms with Crippen molar-refractivity contribution in [1.29, 1.82) is 0 Å². The first-order valence-electron chi connectivity index (χ1n) is 6.59. The van der Waals surface area contributed by atoms with Gasteiger partial charge in [0.2, 0.25) is 5.91 Å². The Hall–Kier alpha value is -2.89. The molecule has 0 aromatic heterocycles. The van der Waals surface area contributed by atoms with E-state index in [0.717, 1.165) is 5.56 Å². The maximum absolute atomic E-state index is 13.4. The molecule has 0 fully saturated rings. The van der Waals surface area contributed by atoms with Crippen LogP contribution in [0.5, 0.6) is 5.75 Å². The molecular formula is C16H15FN2O3. The molecule has 2 rings (SSSR count). The number of ether oxygens (including phenoxy) is 1. The summed E-state index contributed by atoms with van der Waals surface area (Å²) in [5.41, 5.74) is 5.96. The highest BCUT2D eigenvalue weighted by Crippen LogP contribution is 2.14. The molecule has 0 unspecified atom stereocenters. The molecule has 2 aromatic rings. The van der Waals surface area contributed by atoms with Crippen molar-refractivity contribution in [2.24, 2.45) is 5.73 Å². The molecule has 0 aliphatic rings. The summed E-state index contributed by atoms with van der Waals surface area (Å²) in [5.74, 6) is -0.923. The van der Waals surface area contributed by atoms with Crippen molar-refractivity contribution in [3.05, 3.63) is 59.9 Å². The first kappa shape index (κ1) is 15.5. The molecule has 0 atom stereocenters. The molecule has 0 saturated carbocycles. The maximum atomic E-state index is 13.4. The van der Waals surface area contributed by atoms with Gasteiger partial charge in [-0.2, -0.15) is 0 Å². The summed E-state index contributed by atoms with van der Waals surface area (Å²) in [4.78, 5) is 22.5. The van der Waals surface area contributed by atoms with Crippen molar-refractivity contribution in [2.45, 2.75) is 6.42 Å². The van der Waals surface area contributed by atoms with Crippen LogP contribution in [0.25, 0.3) is 0 Å². The second-order valence-electron chi connectivity index (χ2n) is 4.60. The van der Waals surface area contributed by atoms with E-state index in [0.29, 0.717) is 5.75 Å². The van der Waals surface area contributed by atoms with Gasteiger partial charge < -0.3 is 15.8 Å². The van der Waals surface area contributed by atoms with Gasteiger partial charge in [0, 0.05) is 0 Å². The number of hydrogen-bond donors (Lipinski definition) is 2. The number of primary amides is 1. The largest absolute Gasteiger partial charge is 0.484 e. The molecule has 0 radical (unpaired) electrons. The predicted octanol–water partition coefficient (Wildman–Crippen LogP) is 1.87. The molecule has 2 amide bonds. The van der Waals surface area contributed by atoms with Crippen molar-refractivity contribution in [2.75, 3.05) is 11.9 Å². The van der Waals surface area contributed by atoms with Crippen molar-refractivity contribution in [1.82, 2.24) is 0 Å². The minimum atomic E-state index is -0.508. The van der Waals surface area contributed by atoms with E-state index in [4.69, 9.17) is 10.5 Å². The minimum absolute atomic E-state index is 0.105. The van der Waals surface area contributed by atoms with Gasteiger partial charge in [0.15, 0.2) is 6.61 Å². The number of nitrogens with one attached hydrogen (secondary N) is 1. The summed E-state index contributed by atoms with van der Waals surface area (Å²) >= 11 is 0. The molecule has 0 aliphatic heterocycles. The summed E-state index contributed by atoms with van der Waals surface area (Å²) < 4.78 is 18.7. The van der Waals surface area contributed by atoms with Gasteiger partial charge in [0.05, 0.1) is 12.1 Å². The van der Waals surface area contributed by atoms with Crippen molar-refractivity contribution < 1.29 is 18.7 Å². The van der Waals surface area contributed by atoms with Crippen LogP contribution in [-0.2, 0) is 16.0 Å². The molecule has 2 aromatic carbocycles. The number of carbonyl (C=O) groups excluding carboxylic acids is 2. The maximum Gasteiger partial charge on any atom is 0.262 e. The lowest BCUT2D eigenvalue weighted by atomic mass is 10.1. The predicted molar refractivity (Wildman–Crippen MR) is 79.9 cm³/mol. The molecule has 22 heavy (non-hydrogen) atoms. The van der Waals surface area contributed by atoms with Gasteiger partial charge in [0.1, 0.15) is 11.6 Å². The van der Waals surface area contributed by atoms with E-state index in [-0.39, 0.29) is 18.7 Å². The van der Waals surface area contributed by atoms with E-state index in [9.17, 15) is 14.0 Å². The van der Waals surface area contributed by atoms with Gasteiger partial charge in [0.25, 0.3) is 5.91 Å². The van der Waals surface area contributed by atoms with Gasteiger partial charge in [-0.25, -0.2) is 4.39 Å². The van der Waals surface area contributed by atoms with E-state index < -0.39 is 17.6 Å². The second-order valence-corrected chi connectivity index (χ2v) is 4.60. The Morgan fingerprint density at radius 1 is 1.09 bits per heavy atom. The zero-order valence-corrected chi connectivity index (χ0v) is 11.7. The van der Waals surface area contributed by atoms with E-state index in [1.165, 1.54) is 18.2 Å². The fraction of sp³-hybridized carbons (Fsp3) is 0.125. The average molecular weight is 302 g/mol. The molecule has 0 bridgehead atoms. The number of amides is 2. The van der Waals surface area contributed by atoms with Gasteiger partial charge in [-0.05, 0) is 29.8 Å². The summed E-state index contributed by atoms with van der Waals surface area (Å²) in [5, 5.41) is 2.42. The van der Waals surface area contributed by atoms with E-state index in [2.05, 4.69) is 5.32 Å². The zero-order valence-electron chi connectivity index (χ0n) is 11.7. The molecule has 0 heterocycles. The Labute approximate surface area is 126 Å². The molecule has 0 aliphatic carbocycles. The minimum Gasteiger partial charge on any atom is -0.484 e. The zero-order chi connectivity index (χ0) is 15.9. The van der Waals surface area contributed by atoms with E-state index in [1.807, 2.05) is 0 Å². The number of nitrogens with two attached hydrogens (primary N) is 1. The number of para-hydroxylation sites is 1. The first-order valence-corrected chi connectivity index (χ1v) is 6.59. The number of anilines is 1. The quantitative estimate of drug-likeness (QED) is 0.854. The highest BCUT2D eigenvalue weighted by atomic mass is 19.1. The van der Waals surface area contributed by atoms with E-state index in [1.54, 1.807) is 30.3 Å². The summed E-state index contributed by atoms with van der Waals surface area (Å²) in [7, 11) is 0. The Morgan fingerprint density at radius 3 is 2.41 bits per heavy atom. The molecule has 6 heteroatoms. The molecule has 0 saturated heterocycles. The van der Waals surface area contributed by atoms with Crippen LogP contribution in [0.2, 0.25) is 0 Å². The van der Waals surface area contributed by atoms with Gasteiger partial charge in [-0.3, -0.25) is 9.59 Å². The van der Waals surface area contributed by atoms with Gasteiger partial charge in [-0.15, -0.1) is 0 Å². The highest BCUT2D eigenvalue weighted by molar-refractivity contribution is 5.91. The smallest absolute Gasteiger partial charge is 0.262 e. The number of benzene rings is 2. The SMILES string of the molecule is NC(=O)Cc1ccc(OCC(=O)Nc2ccccc2F)cc1. The number of rotatable bonds is 6. The average Bonchev–Trinajstić information content (AvgIpc) is 2.48. The van der Waals surface area contributed by atoms with Crippen LogP contribution in [-0.4, -0.2) is 18.4 Å². The number of halogens is 1. The van der Waals surface area contributed by atoms with Crippen LogP contribution >= 0.6 is 0 Å². The molecule has 5 nitrogen and oxygen atoms in total. The topological polar surface area (TPSA) is 81.4 Å².